The van der Waals surface area contributed by atoms with E-state index in [4.69, 9.17) is 15.3 Å². The first-order valence-electron chi connectivity index (χ1n) is 6.78. The molecule has 0 aliphatic heterocycles. The van der Waals surface area contributed by atoms with E-state index in [1.165, 1.54) is 0 Å². The molecule has 0 saturated heterocycles. The van der Waals surface area contributed by atoms with E-state index >= 15 is 0 Å². The molecular formula is C15H27NO4Ti. The summed E-state index contributed by atoms with van der Waals surface area (Å²) < 4.78 is 0. The zero-order valence-corrected chi connectivity index (χ0v) is 14.4. The maximum Gasteiger partial charge on any atom is 0.0840 e. The molecule has 0 saturated carbocycles. The van der Waals surface area contributed by atoms with E-state index in [1.807, 2.05) is 30.3 Å². The van der Waals surface area contributed by atoms with Gasteiger partial charge >= 0.3 is 0 Å². The first-order valence-corrected chi connectivity index (χ1v) is 6.78. The summed E-state index contributed by atoms with van der Waals surface area (Å²) in [4.78, 5) is 1.79. The average molecular weight is 333 g/mol. The Morgan fingerprint density at radius 1 is 0.857 bits per heavy atom. The van der Waals surface area contributed by atoms with Crippen LogP contribution in [0.5, 0.6) is 0 Å². The second kappa shape index (κ2) is 13.4. The SMILES string of the molecule is CC(C)(O)c1ccccc1.OCCN(CCO)CCO.[Ti]. The van der Waals surface area contributed by atoms with E-state index in [9.17, 15) is 5.11 Å². The van der Waals surface area contributed by atoms with E-state index in [-0.39, 0.29) is 41.5 Å². The fourth-order valence-corrected chi connectivity index (χ4v) is 1.61. The van der Waals surface area contributed by atoms with Crippen molar-refractivity contribution in [3.63, 3.8) is 0 Å². The first kappa shape index (κ1) is 23.0. The van der Waals surface area contributed by atoms with Crippen LogP contribution in [0.2, 0.25) is 0 Å². The number of hydrogen-bond acceptors (Lipinski definition) is 5. The third-order valence-corrected chi connectivity index (χ3v) is 2.73. The van der Waals surface area contributed by atoms with Crippen LogP contribution < -0.4 is 0 Å². The van der Waals surface area contributed by atoms with Gasteiger partial charge in [0.05, 0.1) is 25.4 Å². The Morgan fingerprint density at radius 2 is 1.24 bits per heavy atom. The molecule has 0 fully saturated rings. The summed E-state index contributed by atoms with van der Waals surface area (Å²) in [6.45, 7) is 5.31. The molecule has 0 unspecified atom stereocenters. The van der Waals surface area contributed by atoms with E-state index in [2.05, 4.69) is 0 Å². The minimum absolute atomic E-state index is 0. The summed E-state index contributed by atoms with van der Waals surface area (Å²) >= 11 is 0. The van der Waals surface area contributed by atoms with Crippen molar-refractivity contribution in [1.29, 1.82) is 0 Å². The first-order chi connectivity index (χ1) is 9.45. The summed E-state index contributed by atoms with van der Waals surface area (Å²) in [7, 11) is 0. The minimum Gasteiger partial charge on any atom is -0.395 e. The zero-order valence-electron chi connectivity index (χ0n) is 12.9. The molecule has 5 nitrogen and oxygen atoms in total. The van der Waals surface area contributed by atoms with E-state index in [1.54, 1.807) is 18.7 Å². The molecule has 0 amide bonds. The molecule has 1 rings (SSSR count). The van der Waals surface area contributed by atoms with Crippen molar-refractivity contribution in [2.75, 3.05) is 39.5 Å². The van der Waals surface area contributed by atoms with Crippen molar-refractivity contribution < 1.29 is 42.1 Å². The van der Waals surface area contributed by atoms with Crippen LogP contribution in [-0.4, -0.2) is 64.8 Å². The molecule has 0 bridgehead atoms. The standard InChI is InChI=1S/C9H12O.C6H15NO3.Ti/c1-9(2,10)8-6-4-3-5-7-8;8-4-1-7(2-5-9)3-6-10;/h3-7,10H,1-2H3;8-10H,1-6H2;. The van der Waals surface area contributed by atoms with Gasteiger partial charge in [-0.15, -0.1) is 0 Å². The van der Waals surface area contributed by atoms with Crippen molar-refractivity contribution in [3.05, 3.63) is 35.9 Å². The van der Waals surface area contributed by atoms with Gasteiger partial charge in [-0.3, -0.25) is 4.90 Å². The molecule has 0 aliphatic carbocycles. The Labute approximate surface area is 142 Å². The summed E-state index contributed by atoms with van der Waals surface area (Å²) in [5, 5.41) is 34.9. The number of benzene rings is 1. The maximum atomic E-state index is 9.49. The van der Waals surface area contributed by atoms with Crippen molar-refractivity contribution in [1.82, 2.24) is 4.90 Å². The van der Waals surface area contributed by atoms with Gasteiger partial charge < -0.3 is 20.4 Å². The second-order valence-corrected chi connectivity index (χ2v) is 4.94. The zero-order chi connectivity index (χ0) is 15.4. The molecule has 4 N–H and O–H groups in total. The predicted molar refractivity (Wildman–Crippen MR) is 79.4 cm³/mol. The van der Waals surface area contributed by atoms with Crippen molar-refractivity contribution >= 4 is 0 Å². The molecule has 0 aromatic heterocycles. The van der Waals surface area contributed by atoms with Gasteiger partial charge in [-0.1, -0.05) is 30.3 Å². The molecule has 1 aromatic rings. The van der Waals surface area contributed by atoms with Crippen LogP contribution in [0.4, 0.5) is 0 Å². The third-order valence-electron chi connectivity index (χ3n) is 2.73. The molecule has 0 heterocycles. The Morgan fingerprint density at radius 3 is 1.48 bits per heavy atom. The Hall–Kier alpha value is -0.266. The molecule has 120 valence electrons. The van der Waals surface area contributed by atoms with Crippen molar-refractivity contribution in [3.8, 4) is 0 Å². The Kier molecular flexibility index (Phi) is 14.7. The monoisotopic (exact) mass is 333 g/mol. The molecule has 0 spiro atoms. The maximum absolute atomic E-state index is 9.49. The molecule has 0 aliphatic rings. The summed E-state index contributed by atoms with van der Waals surface area (Å²) in [6, 6.07) is 9.62. The van der Waals surface area contributed by atoms with Gasteiger partial charge in [0.2, 0.25) is 0 Å². The van der Waals surface area contributed by atoms with Crippen LogP contribution in [0.3, 0.4) is 0 Å². The van der Waals surface area contributed by atoms with E-state index in [0.717, 1.165) is 5.56 Å². The van der Waals surface area contributed by atoms with Gasteiger partial charge in [0, 0.05) is 41.4 Å². The number of rotatable bonds is 7. The predicted octanol–water partition coefficient (Wildman–Crippen LogP) is 0.177. The van der Waals surface area contributed by atoms with Gasteiger partial charge in [0.1, 0.15) is 0 Å². The summed E-state index contributed by atoms with van der Waals surface area (Å²) in [5.74, 6) is 0. The largest absolute Gasteiger partial charge is 0.395 e. The van der Waals surface area contributed by atoms with Crippen LogP contribution >= 0.6 is 0 Å². The van der Waals surface area contributed by atoms with E-state index in [0.29, 0.717) is 19.6 Å². The van der Waals surface area contributed by atoms with Crippen LogP contribution in [0.25, 0.3) is 0 Å². The topological polar surface area (TPSA) is 84.2 Å². The fourth-order valence-electron chi connectivity index (χ4n) is 1.61. The average Bonchev–Trinajstić information content (AvgIpc) is 2.40. The molecule has 21 heavy (non-hydrogen) atoms. The summed E-state index contributed by atoms with van der Waals surface area (Å²) in [6.07, 6.45) is 0. The van der Waals surface area contributed by atoms with Crippen LogP contribution in [0, 0.1) is 0 Å². The van der Waals surface area contributed by atoms with Crippen LogP contribution in [0.15, 0.2) is 30.3 Å². The Balaban J connectivity index is 0. The number of aliphatic hydroxyl groups excluding tert-OH is 3. The van der Waals surface area contributed by atoms with Gasteiger partial charge in [0.25, 0.3) is 0 Å². The number of aliphatic hydroxyl groups is 4. The Bertz CT molecular complexity index is 316. The molecule has 6 heteroatoms. The smallest absolute Gasteiger partial charge is 0.0840 e. The molecule has 1 aromatic carbocycles. The van der Waals surface area contributed by atoms with Crippen molar-refractivity contribution in [2.45, 2.75) is 19.4 Å². The normalized spacial score (nSPS) is 10.6. The minimum atomic E-state index is -0.707. The van der Waals surface area contributed by atoms with Gasteiger partial charge in [-0.05, 0) is 19.4 Å². The molecular weight excluding hydrogens is 306 g/mol. The number of nitrogens with zero attached hydrogens (tertiary/aromatic N) is 1. The van der Waals surface area contributed by atoms with Gasteiger partial charge in [0.15, 0.2) is 0 Å². The van der Waals surface area contributed by atoms with Gasteiger partial charge in [-0.2, -0.15) is 0 Å². The fraction of sp³-hybridized carbons (Fsp3) is 0.600. The molecule has 0 radical (unpaired) electrons. The van der Waals surface area contributed by atoms with Crippen LogP contribution in [0.1, 0.15) is 19.4 Å². The number of hydrogen-bond donors (Lipinski definition) is 4. The molecule has 0 atom stereocenters. The third kappa shape index (κ3) is 12.0. The van der Waals surface area contributed by atoms with Crippen LogP contribution in [-0.2, 0) is 27.3 Å². The van der Waals surface area contributed by atoms with E-state index < -0.39 is 5.60 Å². The second-order valence-electron chi connectivity index (χ2n) is 4.94. The van der Waals surface area contributed by atoms with Crippen molar-refractivity contribution in [2.24, 2.45) is 0 Å². The summed E-state index contributed by atoms with van der Waals surface area (Å²) in [5.41, 5.74) is 0.247. The quantitative estimate of drug-likeness (QED) is 0.535. The van der Waals surface area contributed by atoms with Gasteiger partial charge in [-0.25, -0.2) is 0 Å².